The summed E-state index contributed by atoms with van der Waals surface area (Å²) in [6.07, 6.45) is 3.64. The third-order valence-corrected chi connectivity index (χ3v) is 5.23. The number of ether oxygens (including phenoxy) is 2. The molecule has 3 heteroatoms. The molecule has 0 atom stereocenters. The fourth-order valence-corrected chi connectivity index (χ4v) is 3.64. The molecular formula is C28H20O3. The number of esters is 1. The summed E-state index contributed by atoms with van der Waals surface area (Å²) in [6.45, 7) is 0.519. The number of fused-ring (bicyclic) bond motifs is 1. The lowest BCUT2D eigenvalue weighted by Gasteiger charge is -2.06. The number of carbonyl (C=O) groups is 1. The van der Waals surface area contributed by atoms with E-state index in [1.54, 1.807) is 0 Å². The average Bonchev–Trinajstić information content (AvgIpc) is 3.18. The summed E-state index contributed by atoms with van der Waals surface area (Å²) < 4.78 is 11.4. The summed E-state index contributed by atoms with van der Waals surface area (Å²) in [6, 6.07) is 31.8. The molecule has 0 amide bonds. The average molecular weight is 404 g/mol. The second-order valence-electron chi connectivity index (χ2n) is 7.37. The molecule has 0 radical (unpaired) electrons. The Morgan fingerprint density at radius 2 is 1.52 bits per heavy atom. The molecule has 1 aliphatic rings. The maximum absolute atomic E-state index is 12.5. The highest BCUT2D eigenvalue weighted by Crippen LogP contribution is 2.32. The van der Waals surface area contributed by atoms with E-state index in [9.17, 15) is 4.79 Å². The second kappa shape index (κ2) is 8.33. The first-order chi connectivity index (χ1) is 15.3. The molecule has 3 nitrogen and oxygen atoms in total. The molecule has 0 unspecified atom stereocenters. The smallest absolute Gasteiger partial charge is 0.343 e. The molecule has 1 aliphatic heterocycles. The maximum Gasteiger partial charge on any atom is 0.343 e. The SMILES string of the molecule is O=C1OC(c2cccc3ccccc23)=C/C1=C/c1ccc(OCc2ccccc2)cc1. The van der Waals surface area contributed by atoms with Crippen LogP contribution in [0.5, 0.6) is 5.75 Å². The standard InChI is InChI=1S/C28H20O3/c29-28-23(18-27(31-28)26-12-6-10-22-9-4-5-11-25(22)26)17-20-13-15-24(16-14-20)30-19-21-7-2-1-3-8-21/h1-18H,19H2/b23-17-. The monoisotopic (exact) mass is 404 g/mol. The largest absolute Gasteiger partial charge is 0.489 e. The van der Waals surface area contributed by atoms with Crippen LogP contribution in [0.2, 0.25) is 0 Å². The van der Waals surface area contributed by atoms with Crippen molar-refractivity contribution in [2.24, 2.45) is 0 Å². The van der Waals surface area contributed by atoms with Crippen molar-refractivity contribution in [2.45, 2.75) is 6.61 Å². The Kier molecular flexibility index (Phi) is 5.07. The van der Waals surface area contributed by atoms with Crippen LogP contribution >= 0.6 is 0 Å². The molecule has 31 heavy (non-hydrogen) atoms. The third-order valence-electron chi connectivity index (χ3n) is 5.23. The summed E-state index contributed by atoms with van der Waals surface area (Å²) >= 11 is 0. The van der Waals surface area contributed by atoms with Gasteiger partial charge in [0.05, 0.1) is 5.57 Å². The molecule has 0 spiro atoms. The number of hydrogen-bond donors (Lipinski definition) is 0. The Hall–Kier alpha value is -4.11. The van der Waals surface area contributed by atoms with Crippen molar-refractivity contribution < 1.29 is 14.3 Å². The van der Waals surface area contributed by atoms with Gasteiger partial charge in [0.25, 0.3) is 0 Å². The fraction of sp³-hybridized carbons (Fsp3) is 0.0357. The third kappa shape index (κ3) is 4.12. The highest BCUT2D eigenvalue weighted by Gasteiger charge is 2.23. The van der Waals surface area contributed by atoms with Crippen LogP contribution < -0.4 is 4.74 Å². The first-order valence-corrected chi connectivity index (χ1v) is 10.2. The number of benzene rings is 4. The van der Waals surface area contributed by atoms with Crippen LogP contribution in [0.4, 0.5) is 0 Å². The number of cyclic esters (lactones) is 1. The molecule has 5 rings (SSSR count). The molecule has 0 aromatic heterocycles. The van der Waals surface area contributed by atoms with Crippen LogP contribution in [0.3, 0.4) is 0 Å². The minimum atomic E-state index is -0.340. The van der Waals surface area contributed by atoms with E-state index in [1.807, 2.05) is 109 Å². The summed E-state index contributed by atoms with van der Waals surface area (Å²) in [5.41, 5.74) is 3.48. The van der Waals surface area contributed by atoms with Gasteiger partial charge in [-0.2, -0.15) is 0 Å². The number of hydrogen-bond acceptors (Lipinski definition) is 3. The lowest BCUT2D eigenvalue weighted by atomic mass is 10.0. The maximum atomic E-state index is 12.5. The van der Waals surface area contributed by atoms with Crippen LogP contribution in [0.1, 0.15) is 16.7 Å². The molecule has 4 aromatic carbocycles. The zero-order valence-electron chi connectivity index (χ0n) is 16.8. The number of carbonyl (C=O) groups excluding carboxylic acids is 1. The van der Waals surface area contributed by atoms with Gasteiger partial charge < -0.3 is 9.47 Å². The first-order valence-electron chi connectivity index (χ1n) is 10.2. The molecule has 0 fully saturated rings. The minimum absolute atomic E-state index is 0.340. The second-order valence-corrected chi connectivity index (χ2v) is 7.37. The van der Waals surface area contributed by atoms with Gasteiger partial charge in [-0.15, -0.1) is 0 Å². The minimum Gasteiger partial charge on any atom is -0.489 e. The van der Waals surface area contributed by atoms with Crippen molar-refractivity contribution in [3.05, 3.63) is 125 Å². The van der Waals surface area contributed by atoms with Crippen molar-refractivity contribution in [1.29, 1.82) is 0 Å². The predicted octanol–water partition coefficient (Wildman–Crippen LogP) is 6.40. The van der Waals surface area contributed by atoms with Crippen molar-refractivity contribution in [2.75, 3.05) is 0 Å². The van der Waals surface area contributed by atoms with E-state index in [1.165, 1.54) is 0 Å². The van der Waals surface area contributed by atoms with E-state index in [0.717, 1.165) is 33.2 Å². The molecule has 150 valence electrons. The van der Waals surface area contributed by atoms with Crippen LogP contribution in [0.15, 0.2) is 109 Å². The summed E-state index contributed by atoms with van der Waals surface area (Å²) in [5.74, 6) is 1.02. The first kappa shape index (κ1) is 18.9. The van der Waals surface area contributed by atoms with Crippen molar-refractivity contribution in [3.8, 4) is 5.75 Å². The zero-order chi connectivity index (χ0) is 21.0. The zero-order valence-corrected chi connectivity index (χ0v) is 16.8. The Labute approximate surface area is 180 Å². The van der Waals surface area contributed by atoms with Gasteiger partial charge in [-0.3, -0.25) is 0 Å². The Balaban J connectivity index is 1.35. The van der Waals surface area contributed by atoms with E-state index in [-0.39, 0.29) is 5.97 Å². The van der Waals surface area contributed by atoms with E-state index in [2.05, 4.69) is 0 Å². The van der Waals surface area contributed by atoms with Gasteiger partial charge in [-0.05, 0) is 46.2 Å². The molecule has 0 N–H and O–H groups in total. The quantitative estimate of drug-likeness (QED) is 0.285. The van der Waals surface area contributed by atoms with Gasteiger partial charge in [0.2, 0.25) is 0 Å². The Morgan fingerprint density at radius 1 is 0.774 bits per heavy atom. The van der Waals surface area contributed by atoms with Crippen molar-refractivity contribution >= 4 is 28.6 Å². The molecule has 0 saturated carbocycles. The Morgan fingerprint density at radius 3 is 2.35 bits per heavy atom. The lowest BCUT2D eigenvalue weighted by Crippen LogP contribution is -1.97. The topological polar surface area (TPSA) is 35.5 Å². The van der Waals surface area contributed by atoms with Crippen molar-refractivity contribution in [1.82, 2.24) is 0 Å². The van der Waals surface area contributed by atoms with Gasteiger partial charge in [0.15, 0.2) is 0 Å². The van der Waals surface area contributed by atoms with Crippen LogP contribution in [-0.2, 0) is 16.1 Å². The van der Waals surface area contributed by atoms with E-state index >= 15 is 0 Å². The summed E-state index contributed by atoms with van der Waals surface area (Å²) in [4.78, 5) is 12.5. The molecule has 0 saturated heterocycles. The van der Waals surface area contributed by atoms with E-state index in [4.69, 9.17) is 9.47 Å². The van der Waals surface area contributed by atoms with Gasteiger partial charge in [-0.1, -0.05) is 84.9 Å². The van der Waals surface area contributed by atoms with Crippen LogP contribution in [-0.4, -0.2) is 5.97 Å². The van der Waals surface area contributed by atoms with Gasteiger partial charge in [0.1, 0.15) is 18.1 Å². The number of rotatable bonds is 5. The van der Waals surface area contributed by atoms with Gasteiger partial charge in [-0.25, -0.2) is 4.79 Å². The summed E-state index contributed by atoms with van der Waals surface area (Å²) in [7, 11) is 0. The van der Waals surface area contributed by atoms with E-state index < -0.39 is 0 Å². The van der Waals surface area contributed by atoms with Crippen LogP contribution in [0.25, 0.3) is 22.6 Å². The van der Waals surface area contributed by atoms with Gasteiger partial charge >= 0.3 is 5.97 Å². The molecule has 4 aromatic rings. The highest BCUT2D eigenvalue weighted by atomic mass is 16.5. The lowest BCUT2D eigenvalue weighted by molar-refractivity contribution is -0.130. The molecular weight excluding hydrogens is 384 g/mol. The normalized spacial score (nSPS) is 14.5. The Bertz CT molecular complexity index is 1290. The molecule has 0 aliphatic carbocycles. The molecule has 0 bridgehead atoms. The molecule has 1 heterocycles. The van der Waals surface area contributed by atoms with Crippen LogP contribution in [0, 0.1) is 0 Å². The summed E-state index contributed by atoms with van der Waals surface area (Å²) in [5, 5.41) is 2.17. The van der Waals surface area contributed by atoms with Crippen molar-refractivity contribution in [3.63, 3.8) is 0 Å². The fourth-order valence-electron chi connectivity index (χ4n) is 3.64. The predicted molar refractivity (Wildman–Crippen MR) is 123 cm³/mol. The highest BCUT2D eigenvalue weighted by molar-refractivity contribution is 6.07. The van der Waals surface area contributed by atoms with Gasteiger partial charge in [0, 0.05) is 5.56 Å². The van der Waals surface area contributed by atoms with E-state index in [0.29, 0.717) is 17.9 Å².